The van der Waals surface area contributed by atoms with Crippen molar-refractivity contribution in [3.63, 3.8) is 0 Å². The van der Waals surface area contributed by atoms with Crippen LogP contribution in [-0.2, 0) is 6.42 Å². The zero-order valence-corrected chi connectivity index (χ0v) is 11.8. The first-order valence-electron chi connectivity index (χ1n) is 6.46. The lowest BCUT2D eigenvalue weighted by Crippen LogP contribution is -2.25. The van der Waals surface area contributed by atoms with Crippen molar-refractivity contribution in [3.8, 4) is 0 Å². The van der Waals surface area contributed by atoms with E-state index < -0.39 is 11.6 Å². The second-order valence-electron chi connectivity index (χ2n) is 5.07. The predicted octanol–water partition coefficient (Wildman–Crippen LogP) is 4.03. The minimum absolute atomic E-state index is 0.173. The average molecular weight is 318 g/mol. The van der Waals surface area contributed by atoms with Crippen molar-refractivity contribution in [1.82, 2.24) is 0 Å². The zero-order valence-electron chi connectivity index (χ0n) is 10.3. The fourth-order valence-corrected chi connectivity index (χ4v) is 3.26. The molecular formula is C14H18BrF2N. The first-order chi connectivity index (χ1) is 8.63. The molecule has 0 aromatic heterocycles. The maximum Gasteiger partial charge on any atom is 0.143 e. The first kappa shape index (κ1) is 13.9. The summed E-state index contributed by atoms with van der Waals surface area (Å²) in [7, 11) is 0. The van der Waals surface area contributed by atoms with E-state index in [-0.39, 0.29) is 11.5 Å². The number of nitrogens with two attached hydrogens (primary N) is 1. The van der Waals surface area contributed by atoms with Gasteiger partial charge in [0.2, 0.25) is 0 Å². The van der Waals surface area contributed by atoms with E-state index in [0.717, 1.165) is 12.8 Å². The molecule has 0 radical (unpaired) electrons. The largest absolute Gasteiger partial charge is 0.330 e. The number of rotatable bonds is 4. The number of halogens is 3. The smallest absolute Gasteiger partial charge is 0.143 e. The van der Waals surface area contributed by atoms with Gasteiger partial charge < -0.3 is 5.73 Å². The fourth-order valence-electron chi connectivity index (χ4n) is 2.89. The highest BCUT2D eigenvalue weighted by molar-refractivity contribution is 9.10. The summed E-state index contributed by atoms with van der Waals surface area (Å²) in [6.45, 7) is 0.496. The summed E-state index contributed by atoms with van der Waals surface area (Å²) >= 11 is 3.10. The molecule has 0 aliphatic heterocycles. The van der Waals surface area contributed by atoms with Crippen LogP contribution in [0.5, 0.6) is 0 Å². The molecule has 1 fully saturated rings. The maximum absolute atomic E-state index is 13.9. The van der Waals surface area contributed by atoms with Crippen molar-refractivity contribution < 1.29 is 8.78 Å². The summed E-state index contributed by atoms with van der Waals surface area (Å²) in [4.78, 5) is 0. The minimum atomic E-state index is -0.480. The fraction of sp³-hybridized carbons (Fsp3) is 0.571. The van der Waals surface area contributed by atoms with E-state index in [1.165, 1.54) is 25.0 Å². The van der Waals surface area contributed by atoms with Crippen molar-refractivity contribution in [3.05, 3.63) is 33.8 Å². The van der Waals surface area contributed by atoms with Crippen LogP contribution >= 0.6 is 15.9 Å². The summed E-state index contributed by atoms with van der Waals surface area (Å²) in [5, 5.41) is 0. The molecule has 1 unspecified atom stereocenters. The maximum atomic E-state index is 13.9. The zero-order chi connectivity index (χ0) is 13.1. The highest BCUT2D eigenvalue weighted by Crippen LogP contribution is 2.34. The van der Waals surface area contributed by atoms with Crippen molar-refractivity contribution in [2.24, 2.45) is 17.6 Å². The molecule has 1 aromatic rings. The standard InChI is InChI=1S/C14H18BrF2N/c15-12-5-6-13(16)11(14(12)17)7-10(8-18)9-3-1-2-4-9/h5-6,9-10H,1-4,7-8,18H2. The lowest BCUT2D eigenvalue weighted by atomic mass is 9.85. The SMILES string of the molecule is NCC(Cc1c(F)ccc(Br)c1F)C1CCCC1. The van der Waals surface area contributed by atoms with Crippen LogP contribution in [0.4, 0.5) is 8.78 Å². The molecule has 18 heavy (non-hydrogen) atoms. The van der Waals surface area contributed by atoms with Crippen molar-refractivity contribution in [1.29, 1.82) is 0 Å². The van der Waals surface area contributed by atoms with Gasteiger partial charge in [-0.25, -0.2) is 8.78 Å². The molecule has 0 spiro atoms. The lowest BCUT2D eigenvalue weighted by Gasteiger charge is -2.22. The van der Waals surface area contributed by atoms with Crippen LogP contribution < -0.4 is 5.73 Å². The van der Waals surface area contributed by atoms with E-state index >= 15 is 0 Å². The van der Waals surface area contributed by atoms with Gasteiger partial charge in [-0.05, 0) is 52.9 Å². The van der Waals surface area contributed by atoms with Crippen LogP contribution in [0.15, 0.2) is 16.6 Å². The number of hydrogen-bond acceptors (Lipinski definition) is 1. The molecule has 1 atom stereocenters. The van der Waals surface area contributed by atoms with E-state index in [0.29, 0.717) is 23.4 Å². The Morgan fingerprint density at radius 1 is 1.28 bits per heavy atom. The van der Waals surface area contributed by atoms with Gasteiger partial charge in [-0.1, -0.05) is 25.7 Å². The van der Waals surface area contributed by atoms with Crippen molar-refractivity contribution >= 4 is 15.9 Å². The third kappa shape index (κ3) is 2.91. The van der Waals surface area contributed by atoms with Crippen LogP contribution in [0.1, 0.15) is 31.2 Å². The molecule has 1 nitrogen and oxygen atoms in total. The quantitative estimate of drug-likeness (QED) is 0.833. The average Bonchev–Trinajstić information content (AvgIpc) is 2.88. The van der Waals surface area contributed by atoms with E-state index in [1.807, 2.05) is 0 Å². The van der Waals surface area contributed by atoms with Crippen LogP contribution in [0, 0.1) is 23.5 Å². The summed E-state index contributed by atoms with van der Waals surface area (Å²) in [6, 6.07) is 2.71. The molecule has 0 amide bonds. The molecule has 0 bridgehead atoms. The Bertz CT molecular complexity index is 417. The highest BCUT2D eigenvalue weighted by Gasteiger charge is 2.26. The molecule has 4 heteroatoms. The van der Waals surface area contributed by atoms with Gasteiger partial charge in [0.1, 0.15) is 11.6 Å². The highest BCUT2D eigenvalue weighted by atomic mass is 79.9. The second-order valence-corrected chi connectivity index (χ2v) is 5.92. The number of hydrogen-bond donors (Lipinski definition) is 1. The first-order valence-corrected chi connectivity index (χ1v) is 7.25. The van der Waals surface area contributed by atoms with Crippen LogP contribution in [0.25, 0.3) is 0 Å². The topological polar surface area (TPSA) is 26.0 Å². The molecule has 100 valence electrons. The van der Waals surface area contributed by atoms with Crippen LogP contribution in [-0.4, -0.2) is 6.54 Å². The van der Waals surface area contributed by atoms with E-state index in [1.54, 1.807) is 0 Å². The molecule has 2 rings (SSSR count). The van der Waals surface area contributed by atoms with Gasteiger partial charge in [-0.3, -0.25) is 0 Å². The van der Waals surface area contributed by atoms with E-state index in [2.05, 4.69) is 15.9 Å². The Kier molecular flexibility index (Phi) is 4.73. The summed E-state index contributed by atoms with van der Waals surface area (Å²) in [5.74, 6) is -0.239. The van der Waals surface area contributed by atoms with Gasteiger partial charge >= 0.3 is 0 Å². The molecule has 1 aliphatic carbocycles. The van der Waals surface area contributed by atoms with Gasteiger partial charge in [0.15, 0.2) is 0 Å². The molecule has 0 saturated heterocycles. The predicted molar refractivity (Wildman–Crippen MR) is 72.3 cm³/mol. The molecule has 1 aromatic carbocycles. The lowest BCUT2D eigenvalue weighted by molar-refractivity contribution is 0.336. The normalized spacial score (nSPS) is 18.2. The summed E-state index contributed by atoms with van der Waals surface area (Å²) in [6.07, 6.45) is 5.10. The van der Waals surface area contributed by atoms with Gasteiger partial charge in [0.25, 0.3) is 0 Å². The molecule has 0 heterocycles. The third-order valence-corrected chi connectivity index (χ3v) is 4.59. The van der Waals surface area contributed by atoms with E-state index in [4.69, 9.17) is 5.73 Å². The van der Waals surface area contributed by atoms with Gasteiger partial charge in [0.05, 0.1) is 4.47 Å². The van der Waals surface area contributed by atoms with Crippen LogP contribution in [0.2, 0.25) is 0 Å². The third-order valence-electron chi connectivity index (χ3n) is 3.97. The van der Waals surface area contributed by atoms with Gasteiger partial charge in [0, 0.05) is 5.56 Å². The van der Waals surface area contributed by atoms with Crippen molar-refractivity contribution in [2.45, 2.75) is 32.1 Å². The molecule has 1 aliphatic rings. The summed E-state index contributed by atoms with van der Waals surface area (Å²) < 4.78 is 28.0. The second kappa shape index (κ2) is 6.11. The Hall–Kier alpha value is -0.480. The number of benzene rings is 1. The Balaban J connectivity index is 2.18. The van der Waals surface area contributed by atoms with E-state index in [9.17, 15) is 8.78 Å². The van der Waals surface area contributed by atoms with Gasteiger partial charge in [-0.15, -0.1) is 0 Å². The van der Waals surface area contributed by atoms with Crippen LogP contribution in [0.3, 0.4) is 0 Å². The molecular weight excluding hydrogens is 300 g/mol. The minimum Gasteiger partial charge on any atom is -0.330 e. The summed E-state index contributed by atoms with van der Waals surface area (Å²) in [5.41, 5.74) is 5.95. The molecule has 1 saturated carbocycles. The molecule has 2 N–H and O–H groups in total. The van der Waals surface area contributed by atoms with Crippen molar-refractivity contribution in [2.75, 3.05) is 6.54 Å². The Labute approximate surface area is 115 Å². The Morgan fingerprint density at radius 2 is 1.94 bits per heavy atom. The van der Waals surface area contributed by atoms with Gasteiger partial charge in [-0.2, -0.15) is 0 Å². The Morgan fingerprint density at radius 3 is 2.56 bits per heavy atom. The monoisotopic (exact) mass is 317 g/mol.